The van der Waals surface area contributed by atoms with E-state index in [0.29, 0.717) is 0 Å². The second-order valence-electron chi connectivity index (χ2n) is 6.00. The van der Waals surface area contributed by atoms with Crippen LogP contribution < -0.4 is 5.32 Å². The quantitative estimate of drug-likeness (QED) is 0.778. The molecule has 3 aromatic rings. The first-order chi connectivity index (χ1) is 11.3. The van der Waals surface area contributed by atoms with Crippen molar-refractivity contribution in [1.29, 1.82) is 0 Å². The number of hydrogen-bond acceptors (Lipinski definition) is 2. The smallest absolute Gasteiger partial charge is 0.128 e. The predicted octanol–water partition coefficient (Wildman–Crippen LogP) is 3.30. The van der Waals surface area contributed by atoms with Crippen molar-refractivity contribution in [3.63, 3.8) is 0 Å². The molecule has 0 bridgehead atoms. The van der Waals surface area contributed by atoms with Crippen molar-refractivity contribution in [2.24, 2.45) is 0 Å². The summed E-state index contributed by atoms with van der Waals surface area (Å²) in [5.74, 6) is -0.138. The molecule has 2 heterocycles. The molecule has 1 atom stereocenters. The third kappa shape index (κ3) is 2.64. The van der Waals surface area contributed by atoms with Gasteiger partial charge in [0, 0.05) is 48.8 Å². The summed E-state index contributed by atoms with van der Waals surface area (Å²) in [4.78, 5) is 5.70. The Balaban J connectivity index is 1.86. The first-order valence-corrected chi connectivity index (χ1v) is 8.10. The lowest BCUT2D eigenvalue weighted by Crippen LogP contribution is -2.45. The number of fused-ring (bicyclic) bond motifs is 1. The molecule has 1 aromatic heterocycles. The molecule has 1 aliphatic heterocycles. The van der Waals surface area contributed by atoms with Gasteiger partial charge in [0.1, 0.15) is 5.82 Å². The van der Waals surface area contributed by atoms with E-state index in [9.17, 15) is 4.39 Å². The Morgan fingerprint density at radius 1 is 0.913 bits per heavy atom. The first kappa shape index (κ1) is 14.4. The van der Waals surface area contributed by atoms with E-state index >= 15 is 0 Å². The number of benzene rings is 2. The van der Waals surface area contributed by atoms with E-state index in [1.807, 2.05) is 30.5 Å². The highest BCUT2D eigenvalue weighted by atomic mass is 19.1. The molecule has 4 rings (SSSR count). The lowest BCUT2D eigenvalue weighted by atomic mass is 9.95. The molecule has 0 saturated carbocycles. The summed E-state index contributed by atoms with van der Waals surface area (Å²) >= 11 is 0. The molecule has 0 amide bonds. The zero-order valence-corrected chi connectivity index (χ0v) is 12.9. The molecule has 1 unspecified atom stereocenters. The molecule has 1 aliphatic rings. The van der Waals surface area contributed by atoms with Gasteiger partial charge in [0.15, 0.2) is 0 Å². The van der Waals surface area contributed by atoms with Crippen LogP contribution in [0.4, 0.5) is 4.39 Å². The lowest BCUT2D eigenvalue weighted by Gasteiger charge is -2.35. The normalized spacial score (nSPS) is 17.4. The third-order valence-electron chi connectivity index (χ3n) is 4.63. The average molecular weight is 309 g/mol. The number of nitrogens with one attached hydrogen (secondary N) is 2. The Morgan fingerprint density at radius 3 is 2.48 bits per heavy atom. The largest absolute Gasteiger partial charge is 0.361 e. The minimum absolute atomic E-state index is 0.0607. The number of nitrogens with zero attached hydrogens (tertiary/aromatic N) is 1. The van der Waals surface area contributed by atoms with Crippen LogP contribution in [0, 0.1) is 5.82 Å². The van der Waals surface area contributed by atoms with Gasteiger partial charge in [-0.2, -0.15) is 0 Å². The molecule has 23 heavy (non-hydrogen) atoms. The molecule has 0 spiro atoms. The highest BCUT2D eigenvalue weighted by molar-refractivity contribution is 5.84. The van der Waals surface area contributed by atoms with Gasteiger partial charge in [0.05, 0.1) is 6.04 Å². The van der Waals surface area contributed by atoms with Crippen molar-refractivity contribution >= 4 is 10.9 Å². The second-order valence-corrected chi connectivity index (χ2v) is 6.00. The Kier molecular flexibility index (Phi) is 3.85. The lowest BCUT2D eigenvalue weighted by molar-refractivity contribution is 0.196. The summed E-state index contributed by atoms with van der Waals surface area (Å²) in [6.07, 6.45) is 2.03. The maximum absolute atomic E-state index is 14.5. The minimum Gasteiger partial charge on any atom is -0.361 e. The van der Waals surface area contributed by atoms with Crippen LogP contribution in [0.25, 0.3) is 10.9 Å². The number of para-hydroxylation sites is 1. The van der Waals surface area contributed by atoms with Crippen molar-refractivity contribution in [1.82, 2.24) is 15.2 Å². The van der Waals surface area contributed by atoms with E-state index in [0.717, 1.165) is 42.8 Å². The summed E-state index contributed by atoms with van der Waals surface area (Å²) in [6.45, 7) is 3.71. The molecule has 1 fully saturated rings. The van der Waals surface area contributed by atoms with Crippen LogP contribution in [-0.2, 0) is 0 Å². The molecule has 118 valence electrons. The Morgan fingerprint density at radius 2 is 1.65 bits per heavy atom. The van der Waals surface area contributed by atoms with Crippen LogP contribution in [0.2, 0.25) is 0 Å². The van der Waals surface area contributed by atoms with Crippen molar-refractivity contribution in [3.8, 4) is 0 Å². The van der Waals surface area contributed by atoms with E-state index < -0.39 is 0 Å². The molecule has 2 N–H and O–H groups in total. The topological polar surface area (TPSA) is 31.1 Å². The molecular formula is C19H20FN3. The maximum Gasteiger partial charge on any atom is 0.128 e. The van der Waals surface area contributed by atoms with Gasteiger partial charge in [-0.05, 0) is 17.7 Å². The van der Waals surface area contributed by atoms with Gasteiger partial charge < -0.3 is 10.3 Å². The van der Waals surface area contributed by atoms with Gasteiger partial charge in [0.25, 0.3) is 0 Å². The van der Waals surface area contributed by atoms with E-state index in [1.165, 1.54) is 5.39 Å². The van der Waals surface area contributed by atoms with Gasteiger partial charge in [-0.3, -0.25) is 4.90 Å². The fourth-order valence-corrected chi connectivity index (χ4v) is 3.52. The highest BCUT2D eigenvalue weighted by Gasteiger charge is 2.27. The van der Waals surface area contributed by atoms with E-state index in [-0.39, 0.29) is 11.9 Å². The molecule has 3 nitrogen and oxygen atoms in total. The Bertz CT molecular complexity index is 805. The highest BCUT2D eigenvalue weighted by Crippen LogP contribution is 2.34. The number of H-pyrrole nitrogens is 1. The van der Waals surface area contributed by atoms with E-state index in [4.69, 9.17) is 0 Å². The van der Waals surface area contributed by atoms with Crippen molar-refractivity contribution in [3.05, 3.63) is 71.7 Å². The molecule has 2 aromatic carbocycles. The van der Waals surface area contributed by atoms with Gasteiger partial charge >= 0.3 is 0 Å². The van der Waals surface area contributed by atoms with Gasteiger partial charge in [-0.1, -0.05) is 36.4 Å². The van der Waals surface area contributed by atoms with Crippen LogP contribution in [0.15, 0.2) is 54.7 Å². The van der Waals surface area contributed by atoms with E-state index in [1.54, 1.807) is 12.1 Å². The Labute approximate surface area is 135 Å². The molecular weight excluding hydrogens is 289 g/mol. The number of rotatable bonds is 3. The fourth-order valence-electron chi connectivity index (χ4n) is 3.52. The fraction of sp³-hybridized carbons (Fsp3) is 0.263. The summed E-state index contributed by atoms with van der Waals surface area (Å²) in [6, 6.07) is 15.3. The first-order valence-electron chi connectivity index (χ1n) is 8.10. The number of piperazine rings is 1. The van der Waals surface area contributed by atoms with Crippen LogP contribution in [0.1, 0.15) is 17.2 Å². The zero-order valence-electron chi connectivity index (χ0n) is 12.9. The third-order valence-corrected chi connectivity index (χ3v) is 4.63. The number of halogens is 1. The SMILES string of the molecule is Fc1ccccc1C(c1c[nH]c2ccccc12)N1CCNCC1. The van der Waals surface area contributed by atoms with Gasteiger partial charge in [-0.15, -0.1) is 0 Å². The standard InChI is InChI=1S/C19H20FN3/c20-17-7-3-1-6-15(17)19(23-11-9-21-10-12-23)16-13-22-18-8-4-2-5-14(16)18/h1-8,13,19,21-22H,9-12H2. The summed E-state index contributed by atoms with van der Waals surface area (Å²) in [5, 5.41) is 4.54. The molecule has 4 heteroatoms. The maximum atomic E-state index is 14.5. The monoisotopic (exact) mass is 309 g/mol. The summed E-state index contributed by atoms with van der Waals surface area (Å²) < 4.78 is 14.5. The second kappa shape index (κ2) is 6.14. The number of aromatic amines is 1. The predicted molar refractivity (Wildman–Crippen MR) is 91.0 cm³/mol. The van der Waals surface area contributed by atoms with Crippen LogP contribution in [-0.4, -0.2) is 36.1 Å². The number of hydrogen-bond donors (Lipinski definition) is 2. The van der Waals surface area contributed by atoms with Crippen LogP contribution >= 0.6 is 0 Å². The minimum atomic E-state index is -0.138. The van der Waals surface area contributed by atoms with E-state index in [2.05, 4.69) is 27.3 Å². The van der Waals surface area contributed by atoms with Gasteiger partial charge in [0.2, 0.25) is 0 Å². The molecule has 0 radical (unpaired) electrons. The molecule has 1 saturated heterocycles. The average Bonchev–Trinajstić information content (AvgIpc) is 3.02. The van der Waals surface area contributed by atoms with Crippen molar-refractivity contribution in [2.75, 3.05) is 26.2 Å². The van der Waals surface area contributed by atoms with Crippen LogP contribution in [0.5, 0.6) is 0 Å². The van der Waals surface area contributed by atoms with Crippen LogP contribution in [0.3, 0.4) is 0 Å². The van der Waals surface area contributed by atoms with Crippen molar-refractivity contribution in [2.45, 2.75) is 6.04 Å². The molecule has 0 aliphatic carbocycles. The van der Waals surface area contributed by atoms with Gasteiger partial charge in [-0.25, -0.2) is 4.39 Å². The summed E-state index contributed by atoms with van der Waals surface area (Å²) in [5.41, 5.74) is 2.99. The number of aromatic nitrogens is 1. The van der Waals surface area contributed by atoms with Crippen molar-refractivity contribution < 1.29 is 4.39 Å². The summed E-state index contributed by atoms with van der Waals surface area (Å²) in [7, 11) is 0. The zero-order chi connectivity index (χ0) is 15.6. The Hall–Kier alpha value is -2.17.